The molecule has 11 heteroatoms. The maximum absolute atomic E-state index is 15.4. The van der Waals surface area contributed by atoms with Crippen molar-refractivity contribution in [3.8, 4) is 17.0 Å². The molecule has 1 saturated heterocycles. The van der Waals surface area contributed by atoms with Crippen molar-refractivity contribution in [3.63, 3.8) is 0 Å². The Morgan fingerprint density at radius 3 is 2.37 bits per heavy atom. The van der Waals surface area contributed by atoms with Gasteiger partial charge < -0.3 is 19.8 Å². The number of pyridine rings is 1. The van der Waals surface area contributed by atoms with Gasteiger partial charge in [0.25, 0.3) is 6.47 Å². The van der Waals surface area contributed by atoms with Crippen LogP contribution in [-0.4, -0.2) is 40.4 Å². The molecule has 2 atom stereocenters. The summed E-state index contributed by atoms with van der Waals surface area (Å²) in [7, 11) is 0. The number of halogens is 5. The number of benzene rings is 2. The summed E-state index contributed by atoms with van der Waals surface area (Å²) in [5.74, 6) is -0.297. The molecule has 0 radical (unpaired) electrons. The van der Waals surface area contributed by atoms with Crippen LogP contribution < -0.4 is 9.64 Å². The number of alkyl halides is 3. The number of nitrogens with zero attached hydrogens (tertiary/aromatic N) is 2. The minimum Gasteiger partial charge on any atom is -0.483 e. The minimum absolute atomic E-state index is 0.111. The van der Waals surface area contributed by atoms with E-state index in [4.69, 9.17) is 14.6 Å². The minimum atomic E-state index is -4.89. The Morgan fingerprint density at radius 1 is 1.05 bits per heavy atom. The van der Waals surface area contributed by atoms with E-state index in [0.29, 0.717) is 49.5 Å². The fourth-order valence-electron chi connectivity index (χ4n) is 6.31. The molecule has 2 unspecified atom stereocenters. The molecule has 3 aromatic rings. The van der Waals surface area contributed by atoms with Gasteiger partial charge in [-0.2, -0.15) is 13.2 Å². The molecular weight excluding hydrogens is 571 g/mol. The Balaban J connectivity index is 0.00000118. The zero-order valence-electron chi connectivity index (χ0n) is 23.8. The van der Waals surface area contributed by atoms with E-state index in [0.717, 1.165) is 18.1 Å². The van der Waals surface area contributed by atoms with E-state index in [1.54, 1.807) is 26.1 Å². The monoisotopic (exact) mass is 604 g/mol. The van der Waals surface area contributed by atoms with Crippen LogP contribution in [0.4, 0.5) is 27.6 Å². The molecule has 2 N–H and O–H groups in total. The van der Waals surface area contributed by atoms with Gasteiger partial charge in [-0.25, -0.2) is 13.8 Å². The van der Waals surface area contributed by atoms with E-state index in [2.05, 4.69) is 4.98 Å². The number of anilines is 1. The van der Waals surface area contributed by atoms with Gasteiger partial charge in [0.2, 0.25) is 5.88 Å². The predicted octanol–water partition coefficient (Wildman–Crippen LogP) is 6.97. The normalized spacial score (nSPS) is 19.7. The van der Waals surface area contributed by atoms with Crippen LogP contribution in [-0.2, 0) is 24.0 Å². The van der Waals surface area contributed by atoms with E-state index in [1.807, 2.05) is 11.0 Å². The summed E-state index contributed by atoms with van der Waals surface area (Å²) in [6.07, 6.45) is 0.430. The molecule has 1 aliphatic heterocycles. The highest BCUT2D eigenvalue weighted by molar-refractivity contribution is 5.72. The second kappa shape index (κ2) is 11.7. The molecule has 1 aromatic heterocycles. The number of ether oxygens (including phenoxy) is 1. The lowest BCUT2D eigenvalue weighted by Gasteiger charge is -2.38. The summed E-state index contributed by atoms with van der Waals surface area (Å²) >= 11 is 0. The number of fused-ring (bicyclic) bond motifs is 3. The average molecular weight is 605 g/mol. The molecule has 2 heterocycles. The zero-order valence-corrected chi connectivity index (χ0v) is 23.8. The van der Waals surface area contributed by atoms with Gasteiger partial charge in [0, 0.05) is 42.2 Å². The number of hydrogen-bond donors (Lipinski definition) is 2. The third kappa shape index (κ3) is 6.61. The lowest BCUT2D eigenvalue weighted by atomic mass is 9.83. The lowest BCUT2D eigenvalue weighted by Crippen LogP contribution is -2.41. The molecule has 0 bridgehead atoms. The van der Waals surface area contributed by atoms with E-state index in [1.165, 1.54) is 24.1 Å². The maximum atomic E-state index is 15.4. The first-order valence-electron chi connectivity index (χ1n) is 14.2. The van der Waals surface area contributed by atoms with Gasteiger partial charge in [0.15, 0.2) is 0 Å². The molecule has 0 amide bonds. The topological polar surface area (TPSA) is 82.9 Å². The van der Waals surface area contributed by atoms with E-state index in [-0.39, 0.29) is 36.0 Å². The highest BCUT2D eigenvalue weighted by Gasteiger charge is 2.45. The van der Waals surface area contributed by atoms with E-state index < -0.39 is 34.5 Å². The fraction of sp³-hybridized carbons (Fsp3) is 0.438. The third-order valence-electron chi connectivity index (χ3n) is 8.77. The van der Waals surface area contributed by atoms with Crippen molar-refractivity contribution < 1.29 is 41.7 Å². The average Bonchev–Trinajstić information content (AvgIpc) is 3.62. The Morgan fingerprint density at radius 2 is 1.74 bits per heavy atom. The number of aliphatic hydroxyl groups is 1. The first kappa shape index (κ1) is 30.7. The van der Waals surface area contributed by atoms with Crippen molar-refractivity contribution in [1.82, 2.24) is 4.98 Å². The Kier molecular flexibility index (Phi) is 8.39. The van der Waals surface area contributed by atoms with Crippen LogP contribution in [0.3, 0.4) is 0 Å². The van der Waals surface area contributed by atoms with Crippen molar-refractivity contribution in [2.75, 3.05) is 18.0 Å². The fourth-order valence-corrected chi connectivity index (χ4v) is 6.31. The molecule has 2 aromatic carbocycles. The third-order valence-corrected chi connectivity index (χ3v) is 8.77. The smallest absolute Gasteiger partial charge is 0.417 e. The number of aromatic nitrogens is 1. The number of rotatable bonds is 6. The van der Waals surface area contributed by atoms with Gasteiger partial charge in [0.05, 0.1) is 11.2 Å². The van der Waals surface area contributed by atoms with Crippen molar-refractivity contribution in [1.29, 1.82) is 0 Å². The molecule has 43 heavy (non-hydrogen) atoms. The predicted molar refractivity (Wildman–Crippen MR) is 150 cm³/mol. The first-order chi connectivity index (χ1) is 20.3. The highest BCUT2D eigenvalue weighted by atomic mass is 19.4. The van der Waals surface area contributed by atoms with Crippen molar-refractivity contribution >= 4 is 12.2 Å². The van der Waals surface area contributed by atoms with Crippen LogP contribution in [0.15, 0.2) is 42.6 Å². The summed E-state index contributed by atoms with van der Waals surface area (Å²) in [6, 6.07) is 7.36. The van der Waals surface area contributed by atoms with Gasteiger partial charge >= 0.3 is 6.18 Å². The zero-order chi connectivity index (χ0) is 31.1. The summed E-state index contributed by atoms with van der Waals surface area (Å²) in [5, 5.41) is 17.2. The molecule has 6 nitrogen and oxygen atoms in total. The first-order valence-corrected chi connectivity index (χ1v) is 14.2. The van der Waals surface area contributed by atoms with Gasteiger partial charge in [0.1, 0.15) is 18.2 Å². The second-order valence-corrected chi connectivity index (χ2v) is 12.0. The quantitative estimate of drug-likeness (QED) is 0.234. The van der Waals surface area contributed by atoms with E-state index >= 15 is 4.39 Å². The molecule has 1 saturated carbocycles. The Bertz CT molecular complexity index is 1500. The Labute approximate surface area is 246 Å². The van der Waals surface area contributed by atoms with Gasteiger partial charge in [-0.15, -0.1) is 0 Å². The highest BCUT2D eigenvalue weighted by Crippen LogP contribution is 2.56. The SMILES string of the molecule is CC(C)(O)C1CCN(c2ccc(-c3cc(COc4cc5c(cn4)C4CC4C5)c(F)cc3C(F)(F)F)c(F)c2)CC1.O=CO. The van der Waals surface area contributed by atoms with Crippen LogP contribution in [0.1, 0.15) is 61.3 Å². The molecule has 3 aliphatic rings. The van der Waals surface area contributed by atoms with Gasteiger partial charge in [-0.1, -0.05) is 0 Å². The van der Waals surface area contributed by atoms with Crippen molar-refractivity contribution in [2.45, 2.75) is 63.8 Å². The molecule has 2 aliphatic carbocycles. The van der Waals surface area contributed by atoms with Crippen LogP contribution in [0.2, 0.25) is 0 Å². The molecule has 6 rings (SSSR count). The summed E-state index contributed by atoms with van der Waals surface area (Å²) < 4.78 is 77.7. The summed E-state index contributed by atoms with van der Waals surface area (Å²) in [5.41, 5.74) is 0.0161. The second-order valence-electron chi connectivity index (χ2n) is 12.0. The summed E-state index contributed by atoms with van der Waals surface area (Å²) in [6.45, 7) is 4.14. The largest absolute Gasteiger partial charge is 0.483 e. The number of piperidine rings is 1. The Hall–Kier alpha value is -3.73. The molecule has 230 valence electrons. The van der Waals surface area contributed by atoms with Crippen LogP contribution in [0, 0.1) is 23.5 Å². The number of carbonyl (C=O) groups is 1. The maximum Gasteiger partial charge on any atom is 0.417 e. The number of hydrogen-bond acceptors (Lipinski definition) is 5. The van der Waals surface area contributed by atoms with E-state index in [9.17, 15) is 22.7 Å². The van der Waals surface area contributed by atoms with Crippen LogP contribution >= 0.6 is 0 Å². The van der Waals surface area contributed by atoms with Crippen molar-refractivity contribution in [3.05, 3.63) is 76.5 Å². The van der Waals surface area contributed by atoms with Gasteiger partial charge in [-0.05, 0) is 104 Å². The van der Waals surface area contributed by atoms with Crippen LogP contribution in [0.25, 0.3) is 11.1 Å². The van der Waals surface area contributed by atoms with Gasteiger partial charge in [-0.3, -0.25) is 4.79 Å². The standard InChI is InChI=1S/C31H31F5N2O2.CH2O2/c1-30(2,39)20-5-7-38(8-6-20)21-3-4-22(28(33)13-21)24-11-19(27(32)14-26(24)31(34,35)36)16-40-29-12-18-9-17-10-23(17)25(18)15-37-29;2-1-3/h3-4,11-15,17,20,23,39H,5-10,16H2,1-2H3;1H,(H,2,3). The molecule has 0 spiro atoms. The van der Waals surface area contributed by atoms with Crippen LogP contribution in [0.5, 0.6) is 5.88 Å². The molecule has 2 fully saturated rings. The number of carboxylic acid groups (broad SMARTS) is 1. The van der Waals surface area contributed by atoms with Crippen molar-refractivity contribution in [2.24, 2.45) is 11.8 Å². The molecular formula is C32H33F5N2O4. The summed E-state index contributed by atoms with van der Waals surface area (Å²) in [4.78, 5) is 14.6. The lowest BCUT2D eigenvalue weighted by molar-refractivity contribution is -0.137.